The molecular formula is C12H13FN2O2. The van der Waals surface area contributed by atoms with Gasteiger partial charge in [0.25, 0.3) is 0 Å². The molecule has 1 saturated heterocycles. The topological polar surface area (TPSA) is 50.4 Å². The lowest BCUT2D eigenvalue weighted by molar-refractivity contribution is -0.0126. The molecule has 5 heteroatoms. The Morgan fingerprint density at radius 3 is 2.82 bits per heavy atom. The molecule has 3 rings (SSSR count). The van der Waals surface area contributed by atoms with Gasteiger partial charge in [0.1, 0.15) is 11.4 Å². The van der Waals surface area contributed by atoms with E-state index in [4.69, 9.17) is 4.74 Å². The second kappa shape index (κ2) is 3.70. The first-order valence-electron chi connectivity index (χ1n) is 5.70. The second-order valence-corrected chi connectivity index (χ2v) is 4.45. The summed E-state index contributed by atoms with van der Waals surface area (Å²) in [5, 5.41) is 5.78. The minimum absolute atomic E-state index is 0.352. The van der Waals surface area contributed by atoms with Gasteiger partial charge in [-0.3, -0.25) is 5.32 Å². The van der Waals surface area contributed by atoms with Gasteiger partial charge in [-0.05, 0) is 25.2 Å². The Labute approximate surface area is 98.1 Å². The zero-order chi connectivity index (χ0) is 11.9. The highest BCUT2D eigenvalue weighted by Crippen LogP contribution is 2.42. The molecule has 90 valence electrons. The number of rotatable bonds is 0. The molecule has 2 N–H and O–H groups in total. The fourth-order valence-corrected chi connectivity index (χ4v) is 2.59. The van der Waals surface area contributed by atoms with Crippen molar-refractivity contribution in [2.75, 3.05) is 18.4 Å². The standard InChI is InChI=1S/C12H13FN2O2/c13-8-1-2-9-10(7-8)15-11(16)17-12(9)3-5-14-6-4-12/h1-2,7,14H,3-6H2,(H,15,16). The SMILES string of the molecule is O=C1Nc2cc(F)ccc2C2(CCNCC2)O1. The smallest absolute Gasteiger partial charge is 0.412 e. The number of ether oxygens (including phenoxy) is 1. The quantitative estimate of drug-likeness (QED) is 0.724. The van der Waals surface area contributed by atoms with Crippen LogP contribution in [0.5, 0.6) is 0 Å². The molecule has 0 bridgehead atoms. The summed E-state index contributed by atoms with van der Waals surface area (Å²) < 4.78 is 18.6. The minimum Gasteiger partial charge on any atom is -0.438 e. The Balaban J connectivity index is 2.09. The van der Waals surface area contributed by atoms with E-state index in [1.165, 1.54) is 12.1 Å². The molecule has 1 fully saturated rings. The highest BCUT2D eigenvalue weighted by Gasteiger charge is 2.42. The highest BCUT2D eigenvalue weighted by molar-refractivity contribution is 5.88. The maximum absolute atomic E-state index is 13.2. The van der Waals surface area contributed by atoms with Crippen LogP contribution >= 0.6 is 0 Å². The van der Waals surface area contributed by atoms with Crippen LogP contribution in [0.1, 0.15) is 18.4 Å². The molecule has 0 unspecified atom stereocenters. The predicted octanol–water partition coefficient (Wildman–Crippen LogP) is 1.97. The van der Waals surface area contributed by atoms with Gasteiger partial charge in [0.05, 0.1) is 5.69 Å². The van der Waals surface area contributed by atoms with Gasteiger partial charge in [-0.25, -0.2) is 9.18 Å². The van der Waals surface area contributed by atoms with Gasteiger partial charge in [0, 0.05) is 18.4 Å². The number of halogens is 1. The average molecular weight is 236 g/mol. The van der Waals surface area contributed by atoms with Gasteiger partial charge in [0.2, 0.25) is 0 Å². The summed E-state index contributed by atoms with van der Waals surface area (Å²) in [6.07, 6.45) is 0.947. The number of nitrogens with one attached hydrogen (secondary N) is 2. The van der Waals surface area contributed by atoms with E-state index in [-0.39, 0.29) is 5.82 Å². The van der Waals surface area contributed by atoms with E-state index in [0.717, 1.165) is 31.5 Å². The Hall–Kier alpha value is -1.62. The molecule has 1 amide bonds. The van der Waals surface area contributed by atoms with Crippen LogP contribution < -0.4 is 10.6 Å². The number of benzene rings is 1. The van der Waals surface area contributed by atoms with E-state index >= 15 is 0 Å². The van der Waals surface area contributed by atoms with Gasteiger partial charge < -0.3 is 10.1 Å². The van der Waals surface area contributed by atoms with Crippen molar-refractivity contribution >= 4 is 11.8 Å². The molecule has 0 aromatic heterocycles. The Kier molecular flexibility index (Phi) is 2.29. The highest BCUT2D eigenvalue weighted by atomic mass is 19.1. The summed E-state index contributed by atoms with van der Waals surface area (Å²) >= 11 is 0. The average Bonchev–Trinajstić information content (AvgIpc) is 2.29. The summed E-state index contributed by atoms with van der Waals surface area (Å²) in [6.45, 7) is 1.59. The van der Waals surface area contributed by atoms with Crippen molar-refractivity contribution in [1.29, 1.82) is 0 Å². The van der Waals surface area contributed by atoms with E-state index in [9.17, 15) is 9.18 Å². The maximum atomic E-state index is 13.2. The zero-order valence-corrected chi connectivity index (χ0v) is 9.25. The number of amides is 1. The number of anilines is 1. The molecule has 4 nitrogen and oxygen atoms in total. The number of piperidine rings is 1. The molecule has 1 aromatic rings. The van der Waals surface area contributed by atoms with Crippen molar-refractivity contribution in [1.82, 2.24) is 5.32 Å². The third kappa shape index (κ3) is 1.67. The van der Waals surface area contributed by atoms with Crippen LogP contribution in [0.25, 0.3) is 0 Å². The van der Waals surface area contributed by atoms with Gasteiger partial charge >= 0.3 is 6.09 Å². The molecule has 2 aliphatic heterocycles. The summed E-state index contributed by atoms with van der Waals surface area (Å²) in [5.74, 6) is -0.352. The molecule has 1 aromatic carbocycles. The predicted molar refractivity (Wildman–Crippen MR) is 60.3 cm³/mol. The maximum Gasteiger partial charge on any atom is 0.412 e. The lowest BCUT2D eigenvalue weighted by atomic mass is 9.83. The largest absolute Gasteiger partial charge is 0.438 e. The van der Waals surface area contributed by atoms with Crippen molar-refractivity contribution in [3.63, 3.8) is 0 Å². The third-order valence-electron chi connectivity index (χ3n) is 3.41. The number of hydrogen-bond acceptors (Lipinski definition) is 3. The van der Waals surface area contributed by atoms with Gasteiger partial charge in [-0.2, -0.15) is 0 Å². The normalized spacial score (nSPS) is 21.6. The molecule has 17 heavy (non-hydrogen) atoms. The van der Waals surface area contributed by atoms with Gasteiger partial charge in [-0.1, -0.05) is 6.07 Å². The first-order valence-corrected chi connectivity index (χ1v) is 5.70. The summed E-state index contributed by atoms with van der Waals surface area (Å²) in [5.41, 5.74) is 0.819. The monoisotopic (exact) mass is 236 g/mol. The van der Waals surface area contributed by atoms with Crippen LogP contribution in [0.15, 0.2) is 18.2 Å². The summed E-state index contributed by atoms with van der Waals surface area (Å²) in [6, 6.07) is 4.46. The summed E-state index contributed by atoms with van der Waals surface area (Å²) in [7, 11) is 0. The molecular weight excluding hydrogens is 223 g/mol. The second-order valence-electron chi connectivity index (χ2n) is 4.45. The fourth-order valence-electron chi connectivity index (χ4n) is 2.59. The fraction of sp³-hybridized carbons (Fsp3) is 0.417. The third-order valence-corrected chi connectivity index (χ3v) is 3.41. The van der Waals surface area contributed by atoms with Gasteiger partial charge in [-0.15, -0.1) is 0 Å². The zero-order valence-electron chi connectivity index (χ0n) is 9.25. The van der Waals surface area contributed by atoms with E-state index in [1.54, 1.807) is 6.07 Å². The van der Waals surface area contributed by atoms with Crippen molar-refractivity contribution in [2.24, 2.45) is 0 Å². The first kappa shape index (κ1) is 10.5. The molecule has 1 spiro atoms. The molecule has 0 aliphatic carbocycles. The van der Waals surface area contributed by atoms with E-state index in [1.807, 2.05) is 0 Å². The molecule has 2 heterocycles. The van der Waals surface area contributed by atoms with Crippen LogP contribution in [-0.2, 0) is 10.3 Å². The summed E-state index contributed by atoms with van der Waals surface area (Å²) in [4.78, 5) is 11.5. The number of hydrogen-bond donors (Lipinski definition) is 2. The van der Waals surface area contributed by atoms with Crippen molar-refractivity contribution in [3.8, 4) is 0 Å². The Morgan fingerprint density at radius 2 is 2.06 bits per heavy atom. The van der Waals surface area contributed by atoms with E-state index in [2.05, 4.69) is 10.6 Å². The van der Waals surface area contributed by atoms with Crippen LogP contribution in [0.3, 0.4) is 0 Å². The van der Waals surface area contributed by atoms with E-state index < -0.39 is 11.7 Å². The van der Waals surface area contributed by atoms with Crippen LogP contribution in [-0.4, -0.2) is 19.2 Å². The van der Waals surface area contributed by atoms with Crippen molar-refractivity contribution in [2.45, 2.75) is 18.4 Å². The molecule has 0 atom stereocenters. The first-order chi connectivity index (χ1) is 8.20. The Morgan fingerprint density at radius 1 is 1.29 bits per heavy atom. The van der Waals surface area contributed by atoms with E-state index in [0.29, 0.717) is 5.69 Å². The van der Waals surface area contributed by atoms with Crippen molar-refractivity contribution < 1.29 is 13.9 Å². The van der Waals surface area contributed by atoms with Crippen LogP contribution in [0, 0.1) is 5.82 Å². The lowest BCUT2D eigenvalue weighted by Crippen LogP contribution is -2.46. The molecule has 2 aliphatic rings. The van der Waals surface area contributed by atoms with Crippen LogP contribution in [0.2, 0.25) is 0 Å². The number of carbonyl (C=O) groups is 1. The van der Waals surface area contributed by atoms with Crippen LogP contribution in [0.4, 0.5) is 14.9 Å². The molecule has 0 saturated carbocycles. The van der Waals surface area contributed by atoms with Crippen molar-refractivity contribution in [3.05, 3.63) is 29.6 Å². The Bertz CT molecular complexity index is 470. The lowest BCUT2D eigenvalue weighted by Gasteiger charge is -2.41. The molecule has 0 radical (unpaired) electrons. The minimum atomic E-state index is -0.587. The van der Waals surface area contributed by atoms with Gasteiger partial charge in [0.15, 0.2) is 0 Å². The number of fused-ring (bicyclic) bond motifs is 2. The number of carbonyl (C=O) groups excluding carboxylic acids is 1.